The smallest absolute Gasteiger partial charge is 0.354 e. The fourth-order valence-electron chi connectivity index (χ4n) is 2.94. The molecule has 0 atom stereocenters. The molecule has 0 saturated heterocycles. The van der Waals surface area contributed by atoms with Gasteiger partial charge in [-0.15, -0.1) is 0 Å². The SMILES string of the molecule is COCCN(CC(=O)c1c(C)[nH]c(C(=O)OC)c1C)C(=O)c1ccccc1. The van der Waals surface area contributed by atoms with Crippen molar-refractivity contribution in [2.24, 2.45) is 0 Å². The van der Waals surface area contributed by atoms with Crippen LogP contribution < -0.4 is 0 Å². The second-order valence-corrected chi connectivity index (χ2v) is 6.13. The average Bonchev–Trinajstić information content (AvgIpc) is 2.98. The fraction of sp³-hybridized carbons (Fsp3) is 0.350. The highest BCUT2D eigenvalue weighted by molar-refractivity contribution is 6.05. The Labute approximate surface area is 158 Å². The van der Waals surface area contributed by atoms with Gasteiger partial charge in [0.1, 0.15) is 5.69 Å². The van der Waals surface area contributed by atoms with E-state index in [-0.39, 0.29) is 30.5 Å². The van der Waals surface area contributed by atoms with Crippen LogP contribution in [0.2, 0.25) is 0 Å². The molecule has 27 heavy (non-hydrogen) atoms. The Balaban J connectivity index is 2.27. The molecule has 7 nitrogen and oxygen atoms in total. The van der Waals surface area contributed by atoms with Crippen molar-refractivity contribution in [3.63, 3.8) is 0 Å². The molecule has 0 aliphatic heterocycles. The highest BCUT2D eigenvalue weighted by Gasteiger charge is 2.25. The van der Waals surface area contributed by atoms with Gasteiger partial charge < -0.3 is 19.4 Å². The number of rotatable bonds is 8. The number of Topliss-reactive ketones (excluding diaryl/α,β-unsaturated/α-hetero) is 1. The number of amides is 1. The number of aromatic amines is 1. The van der Waals surface area contributed by atoms with Crippen molar-refractivity contribution < 1.29 is 23.9 Å². The molecule has 1 aromatic carbocycles. The maximum absolute atomic E-state index is 12.9. The number of aromatic nitrogens is 1. The van der Waals surface area contributed by atoms with Crippen molar-refractivity contribution in [3.8, 4) is 0 Å². The Morgan fingerprint density at radius 1 is 1.07 bits per heavy atom. The van der Waals surface area contributed by atoms with Crippen molar-refractivity contribution in [1.29, 1.82) is 0 Å². The largest absolute Gasteiger partial charge is 0.464 e. The van der Waals surface area contributed by atoms with E-state index in [0.29, 0.717) is 29.0 Å². The number of H-pyrrole nitrogens is 1. The summed E-state index contributed by atoms with van der Waals surface area (Å²) in [5.41, 5.74) is 2.23. The Bertz CT molecular complexity index is 826. The zero-order chi connectivity index (χ0) is 20.0. The lowest BCUT2D eigenvalue weighted by molar-refractivity contribution is 0.0593. The Morgan fingerprint density at radius 3 is 2.33 bits per heavy atom. The molecule has 0 fully saturated rings. The second kappa shape index (κ2) is 9.14. The number of ketones is 1. The van der Waals surface area contributed by atoms with Gasteiger partial charge in [0.15, 0.2) is 5.78 Å². The molecule has 0 bridgehead atoms. The van der Waals surface area contributed by atoms with Crippen LogP contribution in [0.15, 0.2) is 30.3 Å². The van der Waals surface area contributed by atoms with Gasteiger partial charge in [0.2, 0.25) is 0 Å². The molecule has 0 unspecified atom stereocenters. The Kier molecular flexibility index (Phi) is 6.90. The van der Waals surface area contributed by atoms with Gasteiger partial charge in [-0.25, -0.2) is 4.79 Å². The highest BCUT2D eigenvalue weighted by atomic mass is 16.5. The molecule has 7 heteroatoms. The van der Waals surface area contributed by atoms with Crippen LogP contribution in [0.1, 0.15) is 42.5 Å². The van der Waals surface area contributed by atoms with Gasteiger partial charge in [0.25, 0.3) is 5.91 Å². The van der Waals surface area contributed by atoms with Crippen LogP contribution in [0.3, 0.4) is 0 Å². The zero-order valence-electron chi connectivity index (χ0n) is 16.0. The molecule has 0 saturated carbocycles. The molecule has 2 rings (SSSR count). The lowest BCUT2D eigenvalue weighted by Gasteiger charge is -2.22. The van der Waals surface area contributed by atoms with E-state index in [4.69, 9.17) is 9.47 Å². The summed E-state index contributed by atoms with van der Waals surface area (Å²) < 4.78 is 9.80. The molecule has 0 aliphatic rings. The Hall–Kier alpha value is -2.93. The number of hydrogen-bond acceptors (Lipinski definition) is 5. The summed E-state index contributed by atoms with van der Waals surface area (Å²) in [6, 6.07) is 8.77. The molecule has 0 spiro atoms. The number of esters is 1. The molecule has 0 aliphatic carbocycles. The third-order valence-electron chi connectivity index (χ3n) is 4.31. The number of ether oxygens (including phenoxy) is 2. The van der Waals surface area contributed by atoms with Crippen LogP contribution in [-0.2, 0) is 9.47 Å². The first-order valence-electron chi connectivity index (χ1n) is 8.54. The predicted molar refractivity (Wildman–Crippen MR) is 100 cm³/mol. The summed E-state index contributed by atoms with van der Waals surface area (Å²) in [6.07, 6.45) is 0. The Morgan fingerprint density at radius 2 is 1.74 bits per heavy atom. The summed E-state index contributed by atoms with van der Waals surface area (Å²) in [6.45, 7) is 3.87. The van der Waals surface area contributed by atoms with Crippen molar-refractivity contribution >= 4 is 17.7 Å². The first-order valence-corrected chi connectivity index (χ1v) is 8.54. The van der Waals surface area contributed by atoms with Gasteiger partial charge in [0, 0.05) is 30.5 Å². The summed E-state index contributed by atoms with van der Waals surface area (Å²) in [4.78, 5) is 41.9. The van der Waals surface area contributed by atoms with Gasteiger partial charge in [-0.05, 0) is 31.5 Å². The number of methoxy groups -OCH3 is 2. The van der Waals surface area contributed by atoms with Crippen LogP contribution in [-0.4, -0.2) is 61.5 Å². The number of aryl methyl sites for hydroxylation is 1. The van der Waals surface area contributed by atoms with Crippen LogP contribution in [0, 0.1) is 13.8 Å². The lowest BCUT2D eigenvalue weighted by Crippen LogP contribution is -2.38. The van der Waals surface area contributed by atoms with Crippen LogP contribution in [0.5, 0.6) is 0 Å². The molecule has 144 valence electrons. The van der Waals surface area contributed by atoms with Crippen molar-refractivity contribution in [3.05, 3.63) is 58.4 Å². The van der Waals surface area contributed by atoms with E-state index < -0.39 is 5.97 Å². The predicted octanol–water partition coefficient (Wildman–Crippen LogP) is 2.39. The molecule has 2 aromatic rings. The van der Waals surface area contributed by atoms with E-state index in [2.05, 4.69) is 4.98 Å². The normalized spacial score (nSPS) is 10.5. The summed E-state index contributed by atoms with van der Waals surface area (Å²) >= 11 is 0. The van der Waals surface area contributed by atoms with Gasteiger partial charge >= 0.3 is 5.97 Å². The minimum Gasteiger partial charge on any atom is -0.464 e. The fourth-order valence-corrected chi connectivity index (χ4v) is 2.94. The van der Waals surface area contributed by atoms with E-state index in [9.17, 15) is 14.4 Å². The number of hydrogen-bond donors (Lipinski definition) is 1. The quantitative estimate of drug-likeness (QED) is 0.568. The van der Waals surface area contributed by atoms with E-state index in [1.54, 1.807) is 38.1 Å². The number of nitrogens with one attached hydrogen (secondary N) is 1. The topological polar surface area (TPSA) is 88.7 Å². The third-order valence-corrected chi connectivity index (χ3v) is 4.31. The molecule has 1 N–H and O–H groups in total. The molecule has 1 amide bonds. The van der Waals surface area contributed by atoms with Crippen molar-refractivity contribution in [2.75, 3.05) is 33.9 Å². The minimum absolute atomic E-state index is 0.114. The monoisotopic (exact) mass is 372 g/mol. The summed E-state index contributed by atoms with van der Waals surface area (Å²) in [7, 11) is 2.82. The average molecular weight is 372 g/mol. The number of nitrogens with zero attached hydrogens (tertiary/aromatic N) is 1. The van der Waals surface area contributed by atoms with Crippen LogP contribution >= 0.6 is 0 Å². The first kappa shape index (κ1) is 20.4. The van der Waals surface area contributed by atoms with Gasteiger partial charge in [0.05, 0.1) is 20.3 Å². The van der Waals surface area contributed by atoms with E-state index >= 15 is 0 Å². The van der Waals surface area contributed by atoms with Gasteiger partial charge in [-0.2, -0.15) is 0 Å². The van der Waals surface area contributed by atoms with Crippen LogP contribution in [0.25, 0.3) is 0 Å². The highest BCUT2D eigenvalue weighted by Crippen LogP contribution is 2.20. The molecule has 1 aromatic heterocycles. The standard InChI is InChI=1S/C20H24N2O5/c1-13-17(14(2)21-18(13)20(25)27-4)16(23)12-22(10-11-26-3)19(24)15-8-6-5-7-9-15/h5-9,21H,10-12H2,1-4H3. The maximum Gasteiger partial charge on any atom is 0.354 e. The lowest BCUT2D eigenvalue weighted by atomic mass is 10.0. The molecular weight excluding hydrogens is 348 g/mol. The molecule has 1 heterocycles. The third kappa shape index (κ3) is 4.62. The van der Waals surface area contributed by atoms with Crippen molar-refractivity contribution in [2.45, 2.75) is 13.8 Å². The van der Waals surface area contributed by atoms with Gasteiger partial charge in [-0.3, -0.25) is 9.59 Å². The maximum atomic E-state index is 12.9. The number of benzene rings is 1. The summed E-state index contributed by atoms with van der Waals surface area (Å²) in [5, 5.41) is 0. The van der Waals surface area contributed by atoms with E-state index in [0.717, 1.165) is 0 Å². The second-order valence-electron chi connectivity index (χ2n) is 6.13. The first-order chi connectivity index (χ1) is 12.9. The van der Waals surface area contributed by atoms with Gasteiger partial charge in [-0.1, -0.05) is 18.2 Å². The van der Waals surface area contributed by atoms with E-state index in [1.165, 1.54) is 19.1 Å². The molecule has 0 radical (unpaired) electrons. The van der Waals surface area contributed by atoms with Crippen molar-refractivity contribution in [1.82, 2.24) is 9.88 Å². The number of carbonyl (C=O) groups is 3. The van der Waals surface area contributed by atoms with E-state index in [1.807, 2.05) is 6.07 Å². The number of carbonyl (C=O) groups excluding carboxylic acids is 3. The molecular formula is C20H24N2O5. The van der Waals surface area contributed by atoms with Crippen LogP contribution in [0.4, 0.5) is 0 Å². The zero-order valence-corrected chi connectivity index (χ0v) is 16.0. The minimum atomic E-state index is -0.536. The summed E-state index contributed by atoms with van der Waals surface area (Å²) in [5.74, 6) is -1.04.